The summed E-state index contributed by atoms with van der Waals surface area (Å²) in [7, 11) is 0. The number of piperazine rings is 1. The fraction of sp³-hybridized carbons (Fsp3) is 0.545. The van der Waals surface area contributed by atoms with Crippen molar-refractivity contribution in [2.24, 2.45) is 5.92 Å². The van der Waals surface area contributed by atoms with E-state index in [1.807, 2.05) is 11.0 Å². The number of rotatable bonds is 6. The standard InChI is InChI=1S/C22H32N4O2/c1-4-6-24-7-5-19(14-24)13-23-22(28)26-9-8-25(21(27)16-26)15-20-11-17(2)10-18(3)12-20/h4,10-12,19H,1,5-9,13-16H2,2-3H3,(H,23,28)/t19-/m1/s1. The van der Waals surface area contributed by atoms with Crippen molar-refractivity contribution in [1.29, 1.82) is 0 Å². The maximum absolute atomic E-state index is 12.5. The fourth-order valence-corrected chi connectivity index (χ4v) is 4.20. The topological polar surface area (TPSA) is 55.9 Å². The van der Waals surface area contributed by atoms with Gasteiger partial charge in [-0.05, 0) is 38.3 Å². The zero-order valence-electron chi connectivity index (χ0n) is 17.1. The third kappa shape index (κ3) is 5.35. The second kappa shape index (κ2) is 9.24. The molecule has 2 heterocycles. The number of urea groups is 1. The molecular weight excluding hydrogens is 352 g/mol. The van der Waals surface area contributed by atoms with Gasteiger partial charge in [0.25, 0.3) is 0 Å². The highest BCUT2D eigenvalue weighted by molar-refractivity contribution is 5.85. The van der Waals surface area contributed by atoms with Crippen LogP contribution in [0.2, 0.25) is 0 Å². The van der Waals surface area contributed by atoms with Gasteiger partial charge in [0.1, 0.15) is 6.54 Å². The Balaban J connectivity index is 1.45. The lowest BCUT2D eigenvalue weighted by molar-refractivity contribution is -0.135. The van der Waals surface area contributed by atoms with Gasteiger partial charge in [-0.3, -0.25) is 9.69 Å². The highest BCUT2D eigenvalue weighted by Crippen LogP contribution is 2.16. The molecule has 2 saturated heterocycles. The molecule has 1 aromatic rings. The average molecular weight is 385 g/mol. The van der Waals surface area contributed by atoms with E-state index in [1.165, 1.54) is 11.1 Å². The van der Waals surface area contributed by atoms with Crippen LogP contribution in [0.1, 0.15) is 23.1 Å². The molecule has 3 amide bonds. The normalized spacial score (nSPS) is 20.5. The first kappa shape index (κ1) is 20.4. The summed E-state index contributed by atoms with van der Waals surface area (Å²) in [5.74, 6) is 0.490. The van der Waals surface area contributed by atoms with Gasteiger partial charge in [-0.15, -0.1) is 6.58 Å². The summed E-state index contributed by atoms with van der Waals surface area (Å²) < 4.78 is 0. The Kier molecular flexibility index (Phi) is 6.73. The lowest BCUT2D eigenvalue weighted by Gasteiger charge is -2.34. The molecule has 3 rings (SSSR count). The molecule has 2 aliphatic heterocycles. The Morgan fingerprint density at radius 1 is 1.21 bits per heavy atom. The molecule has 0 aromatic heterocycles. The van der Waals surface area contributed by atoms with E-state index >= 15 is 0 Å². The number of amides is 3. The molecule has 0 radical (unpaired) electrons. The molecule has 152 valence electrons. The first-order valence-electron chi connectivity index (χ1n) is 10.2. The zero-order chi connectivity index (χ0) is 20.1. The van der Waals surface area contributed by atoms with Gasteiger partial charge in [-0.2, -0.15) is 0 Å². The zero-order valence-corrected chi connectivity index (χ0v) is 17.1. The number of aryl methyl sites for hydroxylation is 2. The van der Waals surface area contributed by atoms with Crippen LogP contribution >= 0.6 is 0 Å². The van der Waals surface area contributed by atoms with Crippen molar-refractivity contribution in [2.75, 3.05) is 45.8 Å². The summed E-state index contributed by atoms with van der Waals surface area (Å²) in [4.78, 5) is 30.9. The van der Waals surface area contributed by atoms with Gasteiger partial charge < -0.3 is 15.1 Å². The van der Waals surface area contributed by atoms with Crippen molar-refractivity contribution >= 4 is 11.9 Å². The molecule has 6 nitrogen and oxygen atoms in total. The van der Waals surface area contributed by atoms with Crippen LogP contribution in [0.3, 0.4) is 0 Å². The van der Waals surface area contributed by atoms with Crippen LogP contribution in [0, 0.1) is 19.8 Å². The average Bonchev–Trinajstić information content (AvgIpc) is 3.08. The molecule has 0 bridgehead atoms. The predicted molar refractivity (Wildman–Crippen MR) is 111 cm³/mol. The van der Waals surface area contributed by atoms with E-state index in [0.717, 1.165) is 31.6 Å². The third-order valence-corrected chi connectivity index (χ3v) is 5.56. The quantitative estimate of drug-likeness (QED) is 0.765. The molecule has 0 saturated carbocycles. The van der Waals surface area contributed by atoms with E-state index in [4.69, 9.17) is 0 Å². The van der Waals surface area contributed by atoms with Crippen LogP contribution in [-0.4, -0.2) is 72.5 Å². The smallest absolute Gasteiger partial charge is 0.317 e. The minimum absolute atomic E-state index is 0.0126. The monoisotopic (exact) mass is 384 g/mol. The summed E-state index contributed by atoms with van der Waals surface area (Å²) in [6, 6.07) is 6.25. The molecular formula is C22H32N4O2. The number of carbonyl (C=O) groups excluding carboxylic acids is 2. The molecule has 28 heavy (non-hydrogen) atoms. The van der Waals surface area contributed by atoms with E-state index < -0.39 is 0 Å². The van der Waals surface area contributed by atoms with Crippen LogP contribution in [0.25, 0.3) is 0 Å². The van der Waals surface area contributed by atoms with Crippen LogP contribution in [-0.2, 0) is 11.3 Å². The number of hydrogen-bond acceptors (Lipinski definition) is 3. The van der Waals surface area contributed by atoms with Gasteiger partial charge in [-0.1, -0.05) is 35.4 Å². The number of carbonyl (C=O) groups is 2. The Bertz CT molecular complexity index is 713. The molecule has 0 aliphatic carbocycles. The van der Waals surface area contributed by atoms with Gasteiger partial charge in [0, 0.05) is 39.3 Å². The van der Waals surface area contributed by atoms with Crippen molar-refractivity contribution in [3.63, 3.8) is 0 Å². The molecule has 1 aromatic carbocycles. The molecule has 2 aliphatic rings. The first-order chi connectivity index (χ1) is 13.4. The van der Waals surface area contributed by atoms with E-state index in [2.05, 4.69) is 48.8 Å². The number of benzene rings is 1. The minimum atomic E-state index is -0.124. The highest BCUT2D eigenvalue weighted by atomic mass is 16.2. The van der Waals surface area contributed by atoms with Crippen molar-refractivity contribution in [3.05, 3.63) is 47.5 Å². The molecule has 1 atom stereocenters. The molecule has 2 fully saturated rings. The second-order valence-electron chi connectivity index (χ2n) is 8.12. The van der Waals surface area contributed by atoms with Gasteiger partial charge in [0.15, 0.2) is 0 Å². The maximum Gasteiger partial charge on any atom is 0.317 e. The Labute approximate surface area is 168 Å². The number of likely N-dealkylation sites (tertiary alicyclic amines) is 1. The van der Waals surface area contributed by atoms with Crippen molar-refractivity contribution in [2.45, 2.75) is 26.8 Å². The Morgan fingerprint density at radius 2 is 1.96 bits per heavy atom. The summed E-state index contributed by atoms with van der Waals surface area (Å²) in [5.41, 5.74) is 3.56. The van der Waals surface area contributed by atoms with Crippen molar-refractivity contribution < 1.29 is 9.59 Å². The van der Waals surface area contributed by atoms with Gasteiger partial charge >= 0.3 is 6.03 Å². The Morgan fingerprint density at radius 3 is 2.64 bits per heavy atom. The van der Waals surface area contributed by atoms with Crippen LogP contribution < -0.4 is 5.32 Å². The predicted octanol–water partition coefficient (Wildman–Crippen LogP) is 2.17. The van der Waals surface area contributed by atoms with Crippen molar-refractivity contribution in [3.8, 4) is 0 Å². The second-order valence-corrected chi connectivity index (χ2v) is 8.12. The largest absolute Gasteiger partial charge is 0.338 e. The summed E-state index contributed by atoms with van der Waals surface area (Å²) in [6.45, 7) is 13.5. The summed E-state index contributed by atoms with van der Waals surface area (Å²) >= 11 is 0. The number of hydrogen-bond donors (Lipinski definition) is 1. The summed E-state index contributed by atoms with van der Waals surface area (Å²) in [5, 5.41) is 3.02. The first-order valence-corrected chi connectivity index (χ1v) is 10.2. The third-order valence-electron chi connectivity index (χ3n) is 5.56. The van der Waals surface area contributed by atoms with E-state index in [1.54, 1.807) is 4.90 Å². The van der Waals surface area contributed by atoms with Crippen LogP contribution in [0.4, 0.5) is 4.79 Å². The lowest BCUT2D eigenvalue weighted by Crippen LogP contribution is -2.54. The summed E-state index contributed by atoms with van der Waals surface area (Å²) in [6.07, 6.45) is 3.01. The maximum atomic E-state index is 12.5. The van der Waals surface area contributed by atoms with E-state index in [9.17, 15) is 9.59 Å². The van der Waals surface area contributed by atoms with E-state index in [-0.39, 0.29) is 18.5 Å². The SMILES string of the molecule is C=CCN1CC[C@H](CNC(=O)N2CCN(Cc3cc(C)cc(C)c3)C(=O)C2)C1. The molecule has 0 unspecified atom stereocenters. The van der Waals surface area contributed by atoms with Gasteiger partial charge in [0.05, 0.1) is 0 Å². The van der Waals surface area contributed by atoms with E-state index in [0.29, 0.717) is 32.1 Å². The molecule has 0 spiro atoms. The molecule has 6 heteroatoms. The fourth-order valence-electron chi connectivity index (χ4n) is 4.20. The van der Waals surface area contributed by atoms with Crippen LogP contribution in [0.15, 0.2) is 30.9 Å². The number of nitrogens with zero attached hydrogens (tertiary/aromatic N) is 3. The van der Waals surface area contributed by atoms with Crippen LogP contribution in [0.5, 0.6) is 0 Å². The minimum Gasteiger partial charge on any atom is -0.338 e. The lowest BCUT2D eigenvalue weighted by atomic mass is 10.1. The highest BCUT2D eigenvalue weighted by Gasteiger charge is 2.28. The number of nitrogens with one attached hydrogen (secondary N) is 1. The van der Waals surface area contributed by atoms with Gasteiger partial charge in [-0.25, -0.2) is 4.79 Å². The van der Waals surface area contributed by atoms with Gasteiger partial charge in [0.2, 0.25) is 5.91 Å². The Hall–Kier alpha value is -2.34. The molecule has 1 N–H and O–H groups in total. The van der Waals surface area contributed by atoms with Crippen molar-refractivity contribution in [1.82, 2.24) is 20.0 Å².